The molecule has 22 heavy (non-hydrogen) atoms. The minimum atomic E-state index is -4.06. The number of rotatable bonds is 3. The summed E-state index contributed by atoms with van der Waals surface area (Å²) in [6.07, 6.45) is 0. The van der Waals surface area contributed by atoms with Crippen LogP contribution in [0.1, 0.15) is 13.8 Å². The molecule has 1 fully saturated rings. The smallest absolute Gasteiger partial charge is 0.289 e. The van der Waals surface area contributed by atoms with Crippen LogP contribution in [0.25, 0.3) is 0 Å². The van der Waals surface area contributed by atoms with E-state index in [1.807, 2.05) is 0 Å². The molecular weight excluding hydrogens is 310 g/mol. The summed E-state index contributed by atoms with van der Waals surface area (Å²) < 4.78 is 26.6. The van der Waals surface area contributed by atoms with E-state index in [0.717, 1.165) is 10.4 Å². The number of amides is 1. The first kappa shape index (κ1) is 16.4. The van der Waals surface area contributed by atoms with Crippen LogP contribution in [0, 0.1) is 15.5 Å². The largest absolute Gasteiger partial charge is 0.354 e. The van der Waals surface area contributed by atoms with Crippen LogP contribution in [-0.4, -0.2) is 43.2 Å². The molecule has 1 N–H and O–H groups in total. The molecule has 120 valence electrons. The minimum absolute atomic E-state index is 0.0345. The number of benzene rings is 1. The molecule has 0 aromatic heterocycles. The van der Waals surface area contributed by atoms with Crippen molar-refractivity contribution in [3.63, 3.8) is 0 Å². The van der Waals surface area contributed by atoms with Crippen LogP contribution < -0.4 is 5.32 Å². The van der Waals surface area contributed by atoms with E-state index in [-0.39, 0.29) is 30.4 Å². The lowest BCUT2D eigenvalue weighted by atomic mass is 9.93. The van der Waals surface area contributed by atoms with Gasteiger partial charge in [0.2, 0.25) is 15.9 Å². The minimum Gasteiger partial charge on any atom is -0.354 e. The average Bonchev–Trinajstić information content (AvgIpc) is 2.58. The summed E-state index contributed by atoms with van der Waals surface area (Å²) in [5.74, 6) is -0.243. The molecule has 1 aromatic rings. The Bertz CT molecular complexity index is 714. The third-order valence-corrected chi connectivity index (χ3v) is 5.41. The van der Waals surface area contributed by atoms with Crippen LogP contribution in [0.4, 0.5) is 5.69 Å². The van der Waals surface area contributed by atoms with Gasteiger partial charge in [0.25, 0.3) is 5.69 Å². The van der Waals surface area contributed by atoms with E-state index in [1.54, 1.807) is 13.8 Å². The lowest BCUT2D eigenvalue weighted by Crippen LogP contribution is -2.41. The Morgan fingerprint density at radius 3 is 2.59 bits per heavy atom. The van der Waals surface area contributed by atoms with E-state index >= 15 is 0 Å². The maximum atomic E-state index is 12.7. The molecule has 1 heterocycles. The second-order valence-corrected chi connectivity index (χ2v) is 7.61. The van der Waals surface area contributed by atoms with Gasteiger partial charge in [0.1, 0.15) is 0 Å². The molecule has 1 amide bonds. The molecule has 0 unspecified atom stereocenters. The summed E-state index contributed by atoms with van der Waals surface area (Å²) in [7, 11) is -4.06. The maximum Gasteiger partial charge on any atom is 0.289 e. The summed E-state index contributed by atoms with van der Waals surface area (Å²) in [6.45, 7) is 3.48. The van der Waals surface area contributed by atoms with Gasteiger partial charge in [-0.3, -0.25) is 14.9 Å². The number of hydrogen-bond donors (Lipinski definition) is 1. The number of nitrogens with one attached hydrogen (secondary N) is 1. The monoisotopic (exact) mass is 327 g/mol. The van der Waals surface area contributed by atoms with Crippen molar-refractivity contribution in [3.8, 4) is 0 Å². The predicted octanol–water partition coefficient (Wildman–Crippen LogP) is 0.742. The second kappa shape index (κ2) is 5.65. The Labute approximate surface area is 128 Å². The summed E-state index contributed by atoms with van der Waals surface area (Å²) in [5, 5.41) is 13.7. The van der Waals surface area contributed by atoms with Crippen LogP contribution in [0.3, 0.4) is 0 Å². The van der Waals surface area contributed by atoms with Gasteiger partial charge in [0.05, 0.1) is 10.3 Å². The Hall–Kier alpha value is -2.00. The summed E-state index contributed by atoms with van der Waals surface area (Å²) >= 11 is 0. The molecule has 1 saturated heterocycles. The quantitative estimate of drug-likeness (QED) is 0.650. The highest BCUT2D eigenvalue weighted by Gasteiger charge is 2.39. The molecule has 1 aliphatic heterocycles. The van der Waals surface area contributed by atoms with Gasteiger partial charge < -0.3 is 5.32 Å². The van der Waals surface area contributed by atoms with E-state index in [9.17, 15) is 23.3 Å². The number of para-hydroxylation sites is 1. The summed E-state index contributed by atoms with van der Waals surface area (Å²) in [6, 6.07) is 5.21. The molecule has 0 radical (unpaired) electrons. The van der Waals surface area contributed by atoms with Crippen molar-refractivity contribution < 1.29 is 18.1 Å². The fourth-order valence-corrected chi connectivity index (χ4v) is 4.06. The summed E-state index contributed by atoms with van der Waals surface area (Å²) in [5.41, 5.74) is -1.38. The van der Waals surface area contributed by atoms with Crippen molar-refractivity contribution in [1.82, 2.24) is 9.62 Å². The number of sulfonamides is 1. The number of carbonyl (C=O) groups excluding carboxylic acids is 1. The zero-order valence-electron chi connectivity index (χ0n) is 12.3. The van der Waals surface area contributed by atoms with Crippen molar-refractivity contribution in [1.29, 1.82) is 0 Å². The Morgan fingerprint density at radius 1 is 1.32 bits per heavy atom. The van der Waals surface area contributed by atoms with Crippen molar-refractivity contribution in [2.45, 2.75) is 18.7 Å². The zero-order valence-corrected chi connectivity index (χ0v) is 13.1. The molecule has 0 saturated carbocycles. The van der Waals surface area contributed by atoms with Crippen LogP contribution in [0.5, 0.6) is 0 Å². The lowest BCUT2D eigenvalue weighted by Gasteiger charge is -2.26. The van der Waals surface area contributed by atoms with E-state index in [4.69, 9.17) is 0 Å². The Balaban J connectivity index is 2.47. The van der Waals surface area contributed by atoms with E-state index < -0.39 is 26.0 Å². The third-order valence-electron chi connectivity index (χ3n) is 3.51. The number of nitro groups is 1. The SMILES string of the molecule is CC1(C)CN(S(=O)(=O)c2ccccc2[N+](=O)[O-])CCNC1=O. The topological polar surface area (TPSA) is 110 Å². The molecule has 0 bridgehead atoms. The van der Waals surface area contributed by atoms with Crippen LogP contribution in [0.2, 0.25) is 0 Å². The molecule has 2 rings (SSSR count). The van der Waals surface area contributed by atoms with Crippen LogP contribution in [-0.2, 0) is 14.8 Å². The number of hydrogen-bond acceptors (Lipinski definition) is 5. The highest BCUT2D eigenvalue weighted by molar-refractivity contribution is 7.89. The van der Waals surface area contributed by atoms with Crippen LogP contribution >= 0.6 is 0 Å². The van der Waals surface area contributed by atoms with E-state index in [0.29, 0.717) is 0 Å². The lowest BCUT2D eigenvalue weighted by molar-refractivity contribution is -0.387. The molecule has 1 aromatic carbocycles. The fraction of sp³-hybridized carbons (Fsp3) is 0.462. The second-order valence-electron chi connectivity index (χ2n) is 5.70. The number of nitrogens with zero attached hydrogens (tertiary/aromatic N) is 2. The van der Waals surface area contributed by atoms with Gasteiger partial charge in [-0.25, -0.2) is 8.42 Å². The Morgan fingerprint density at radius 2 is 1.95 bits per heavy atom. The van der Waals surface area contributed by atoms with Crippen molar-refractivity contribution >= 4 is 21.6 Å². The molecule has 1 aliphatic rings. The standard InChI is InChI=1S/C13H17N3O5S/c1-13(2)9-15(8-7-14-12(13)17)22(20,21)11-6-4-3-5-10(11)16(18)19/h3-6H,7-9H2,1-2H3,(H,14,17). The van der Waals surface area contributed by atoms with Gasteiger partial charge in [-0.2, -0.15) is 4.31 Å². The van der Waals surface area contributed by atoms with Crippen molar-refractivity contribution in [2.75, 3.05) is 19.6 Å². The summed E-state index contributed by atoms with van der Waals surface area (Å²) in [4.78, 5) is 21.9. The molecule has 8 nitrogen and oxygen atoms in total. The molecule has 0 aliphatic carbocycles. The molecular formula is C13H17N3O5S. The van der Waals surface area contributed by atoms with Gasteiger partial charge in [0, 0.05) is 25.7 Å². The highest BCUT2D eigenvalue weighted by atomic mass is 32.2. The maximum absolute atomic E-state index is 12.7. The van der Waals surface area contributed by atoms with Gasteiger partial charge in [-0.15, -0.1) is 0 Å². The van der Waals surface area contributed by atoms with E-state index in [1.165, 1.54) is 18.2 Å². The highest BCUT2D eigenvalue weighted by Crippen LogP contribution is 2.29. The Kier molecular flexibility index (Phi) is 4.21. The zero-order chi connectivity index (χ0) is 16.5. The normalized spacial score (nSPS) is 19.3. The van der Waals surface area contributed by atoms with Gasteiger partial charge in [0.15, 0.2) is 4.90 Å². The third kappa shape index (κ3) is 2.95. The van der Waals surface area contributed by atoms with E-state index in [2.05, 4.69) is 5.32 Å². The molecule has 0 atom stereocenters. The van der Waals surface area contributed by atoms with Crippen molar-refractivity contribution in [3.05, 3.63) is 34.4 Å². The van der Waals surface area contributed by atoms with Gasteiger partial charge in [-0.1, -0.05) is 12.1 Å². The van der Waals surface area contributed by atoms with Gasteiger partial charge >= 0.3 is 0 Å². The first-order chi connectivity index (χ1) is 10.2. The predicted molar refractivity (Wildman–Crippen MR) is 78.6 cm³/mol. The number of carbonyl (C=O) groups is 1. The fourth-order valence-electron chi connectivity index (χ4n) is 2.30. The first-order valence-electron chi connectivity index (χ1n) is 6.68. The average molecular weight is 327 g/mol. The first-order valence-corrected chi connectivity index (χ1v) is 8.12. The van der Waals surface area contributed by atoms with Crippen molar-refractivity contribution in [2.24, 2.45) is 5.41 Å². The molecule has 0 spiro atoms. The van der Waals surface area contributed by atoms with Crippen LogP contribution in [0.15, 0.2) is 29.2 Å². The van der Waals surface area contributed by atoms with Gasteiger partial charge in [-0.05, 0) is 19.9 Å². The molecule has 9 heteroatoms. The number of nitro benzene ring substituents is 1.